The second kappa shape index (κ2) is 7.79. The van der Waals surface area contributed by atoms with E-state index in [0.717, 1.165) is 36.1 Å². The molecule has 0 unspecified atom stereocenters. The fraction of sp³-hybridized carbons (Fsp3) is 0.333. The Hall–Kier alpha value is -3.00. The van der Waals surface area contributed by atoms with E-state index in [1.807, 2.05) is 13.0 Å². The molecule has 2 amide bonds. The fourth-order valence-corrected chi connectivity index (χ4v) is 5.06. The molecule has 2 heterocycles. The number of carbonyl (C=O) groups is 2. The summed E-state index contributed by atoms with van der Waals surface area (Å²) in [7, 11) is 1.70. The van der Waals surface area contributed by atoms with Crippen molar-refractivity contribution < 1.29 is 9.59 Å². The van der Waals surface area contributed by atoms with Crippen molar-refractivity contribution in [1.29, 1.82) is 0 Å². The zero-order chi connectivity index (χ0) is 20.5. The molecule has 0 saturated carbocycles. The average Bonchev–Trinajstić information content (AvgIpc) is 3.08. The maximum atomic E-state index is 13.0. The van der Waals surface area contributed by atoms with Crippen LogP contribution in [0, 0.1) is 0 Å². The monoisotopic (exact) mass is 410 g/mol. The van der Waals surface area contributed by atoms with E-state index in [4.69, 9.17) is 0 Å². The van der Waals surface area contributed by atoms with Gasteiger partial charge in [0, 0.05) is 23.9 Å². The second-order valence-corrected chi connectivity index (χ2v) is 8.15. The van der Waals surface area contributed by atoms with Gasteiger partial charge in [-0.05, 0) is 50.3 Å². The van der Waals surface area contributed by atoms with Gasteiger partial charge < -0.3 is 10.6 Å². The minimum Gasteiger partial charge on any atom is -0.352 e. The van der Waals surface area contributed by atoms with Crippen LogP contribution in [0.2, 0.25) is 0 Å². The predicted octanol–water partition coefficient (Wildman–Crippen LogP) is 2.88. The summed E-state index contributed by atoms with van der Waals surface area (Å²) in [5.41, 5.74) is 1.60. The number of hydrogen-bond acceptors (Lipinski definition) is 5. The van der Waals surface area contributed by atoms with E-state index in [1.54, 1.807) is 25.2 Å². The maximum Gasteiger partial charge on any atom is 0.280 e. The van der Waals surface area contributed by atoms with Gasteiger partial charge in [-0.1, -0.05) is 12.1 Å². The van der Waals surface area contributed by atoms with Crippen LogP contribution in [0.3, 0.4) is 0 Å². The molecule has 0 atom stereocenters. The summed E-state index contributed by atoms with van der Waals surface area (Å²) < 4.78 is 1.52. The van der Waals surface area contributed by atoms with Crippen molar-refractivity contribution in [2.75, 3.05) is 11.9 Å². The number of nitrogens with one attached hydrogen (secondary N) is 2. The molecule has 2 N–H and O–H groups in total. The Morgan fingerprint density at radius 1 is 1.17 bits per heavy atom. The third-order valence-corrected chi connectivity index (χ3v) is 6.35. The summed E-state index contributed by atoms with van der Waals surface area (Å²) >= 11 is 1.42. The molecule has 8 heteroatoms. The molecule has 7 nitrogen and oxygen atoms in total. The second-order valence-electron chi connectivity index (χ2n) is 7.05. The lowest BCUT2D eigenvalue weighted by atomic mass is 9.95. The van der Waals surface area contributed by atoms with Gasteiger partial charge in [-0.25, -0.2) is 0 Å². The summed E-state index contributed by atoms with van der Waals surface area (Å²) in [5.74, 6) is -0.790. The zero-order valence-electron chi connectivity index (χ0n) is 16.4. The predicted molar refractivity (Wildman–Crippen MR) is 114 cm³/mol. The first-order valence-electron chi connectivity index (χ1n) is 9.71. The normalized spacial score (nSPS) is 13.2. The molecule has 2 aromatic heterocycles. The number of carbonyl (C=O) groups excluding carboxylic acids is 2. The summed E-state index contributed by atoms with van der Waals surface area (Å²) in [6, 6.07) is 7.04. The fourth-order valence-electron chi connectivity index (χ4n) is 3.78. The van der Waals surface area contributed by atoms with Gasteiger partial charge in [0.25, 0.3) is 11.8 Å². The molecular formula is C21H22N4O3S. The van der Waals surface area contributed by atoms with E-state index in [0.29, 0.717) is 28.0 Å². The Bertz CT molecular complexity index is 1180. The van der Waals surface area contributed by atoms with Gasteiger partial charge in [-0.2, -0.15) is 5.10 Å². The summed E-state index contributed by atoms with van der Waals surface area (Å²) in [6.07, 6.45) is 3.82. The van der Waals surface area contributed by atoms with Crippen LogP contribution in [0.5, 0.6) is 0 Å². The van der Waals surface area contributed by atoms with Gasteiger partial charge in [-0.15, -0.1) is 11.3 Å². The molecule has 3 aromatic rings. The summed E-state index contributed by atoms with van der Waals surface area (Å²) in [6.45, 7) is 2.36. The number of fused-ring (bicyclic) bond motifs is 2. The lowest BCUT2D eigenvalue weighted by molar-refractivity contribution is 0.0956. The Kier molecular flexibility index (Phi) is 5.19. The standard InChI is InChI=1S/C21H22N4O3S/c1-3-22-19(27)16-13-9-5-7-11-15(13)29-21(16)23-20(28)17-18(26)12-8-4-6-10-14(12)25(2)24-17/h4,6,8,10H,3,5,7,9,11H2,1-2H3,(H,22,27)(H,23,28). The molecule has 0 bridgehead atoms. The van der Waals surface area contributed by atoms with E-state index in [2.05, 4.69) is 15.7 Å². The van der Waals surface area contributed by atoms with E-state index in [1.165, 1.54) is 16.0 Å². The zero-order valence-corrected chi connectivity index (χ0v) is 17.2. The van der Waals surface area contributed by atoms with Gasteiger partial charge in [0.1, 0.15) is 5.00 Å². The van der Waals surface area contributed by atoms with E-state index < -0.39 is 11.3 Å². The molecule has 0 fully saturated rings. The smallest absolute Gasteiger partial charge is 0.280 e. The first kappa shape index (κ1) is 19.3. The molecule has 1 aliphatic carbocycles. The van der Waals surface area contributed by atoms with Gasteiger partial charge >= 0.3 is 0 Å². The number of para-hydroxylation sites is 1. The molecular weight excluding hydrogens is 388 g/mol. The highest BCUT2D eigenvalue weighted by Gasteiger charge is 2.27. The number of hydrogen-bond donors (Lipinski definition) is 2. The molecule has 4 rings (SSSR count). The highest BCUT2D eigenvalue weighted by atomic mass is 32.1. The highest BCUT2D eigenvalue weighted by Crippen LogP contribution is 2.38. The van der Waals surface area contributed by atoms with Crippen molar-refractivity contribution >= 4 is 39.1 Å². The molecule has 29 heavy (non-hydrogen) atoms. The van der Waals surface area contributed by atoms with Crippen molar-refractivity contribution in [2.24, 2.45) is 7.05 Å². The minimum absolute atomic E-state index is 0.181. The SMILES string of the molecule is CCNC(=O)c1c(NC(=O)c2nn(C)c3ccccc3c2=O)sc2c1CCCC2. The maximum absolute atomic E-state index is 13.0. The Balaban J connectivity index is 1.75. The van der Waals surface area contributed by atoms with Crippen LogP contribution in [0.15, 0.2) is 29.1 Å². The van der Waals surface area contributed by atoms with E-state index in [9.17, 15) is 14.4 Å². The first-order valence-corrected chi connectivity index (χ1v) is 10.5. The van der Waals surface area contributed by atoms with Gasteiger partial charge in [-0.3, -0.25) is 19.1 Å². The van der Waals surface area contributed by atoms with Crippen LogP contribution in [0.4, 0.5) is 5.00 Å². The van der Waals surface area contributed by atoms with Crippen molar-refractivity contribution in [1.82, 2.24) is 15.1 Å². The molecule has 0 spiro atoms. The number of amides is 2. The number of aryl methyl sites for hydroxylation is 2. The van der Waals surface area contributed by atoms with Crippen molar-refractivity contribution in [3.05, 3.63) is 56.2 Å². The highest BCUT2D eigenvalue weighted by molar-refractivity contribution is 7.17. The third-order valence-electron chi connectivity index (χ3n) is 5.14. The Morgan fingerprint density at radius 3 is 2.72 bits per heavy atom. The number of benzene rings is 1. The van der Waals surface area contributed by atoms with Crippen LogP contribution in [0.1, 0.15) is 51.1 Å². The first-order chi connectivity index (χ1) is 14.0. The lowest BCUT2D eigenvalue weighted by Crippen LogP contribution is -2.28. The van der Waals surface area contributed by atoms with E-state index >= 15 is 0 Å². The topological polar surface area (TPSA) is 93.1 Å². The number of anilines is 1. The summed E-state index contributed by atoms with van der Waals surface area (Å²) in [5, 5.41) is 10.7. The number of rotatable bonds is 4. The lowest BCUT2D eigenvalue weighted by Gasteiger charge is -2.13. The van der Waals surface area contributed by atoms with Crippen molar-refractivity contribution in [3.8, 4) is 0 Å². The number of thiophene rings is 1. The molecule has 1 aromatic carbocycles. The molecule has 1 aliphatic rings. The van der Waals surface area contributed by atoms with Gasteiger partial charge in [0.2, 0.25) is 5.43 Å². The van der Waals surface area contributed by atoms with Crippen LogP contribution in [-0.2, 0) is 19.9 Å². The van der Waals surface area contributed by atoms with E-state index in [-0.39, 0.29) is 11.6 Å². The molecule has 0 radical (unpaired) electrons. The third kappa shape index (κ3) is 3.44. The molecule has 150 valence electrons. The number of nitrogens with zero attached hydrogens (tertiary/aromatic N) is 2. The van der Waals surface area contributed by atoms with Crippen LogP contribution >= 0.6 is 11.3 Å². The van der Waals surface area contributed by atoms with Gasteiger partial charge in [0.05, 0.1) is 11.1 Å². The van der Waals surface area contributed by atoms with Crippen molar-refractivity contribution in [2.45, 2.75) is 32.6 Å². The minimum atomic E-state index is -0.597. The van der Waals surface area contributed by atoms with Gasteiger partial charge in [0.15, 0.2) is 5.69 Å². The van der Waals surface area contributed by atoms with Crippen molar-refractivity contribution in [3.63, 3.8) is 0 Å². The average molecular weight is 410 g/mol. The molecule has 0 aliphatic heterocycles. The summed E-state index contributed by atoms with van der Waals surface area (Å²) in [4.78, 5) is 39.6. The largest absolute Gasteiger partial charge is 0.352 e. The van der Waals surface area contributed by atoms with Crippen LogP contribution in [-0.4, -0.2) is 28.1 Å². The van der Waals surface area contributed by atoms with Crippen LogP contribution < -0.4 is 16.1 Å². The Labute approximate surface area is 171 Å². The number of aromatic nitrogens is 2. The quantitative estimate of drug-likeness (QED) is 0.692. The molecule has 0 saturated heterocycles. The Morgan fingerprint density at radius 2 is 1.93 bits per heavy atom. The van der Waals surface area contributed by atoms with Crippen LogP contribution in [0.25, 0.3) is 10.9 Å².